The second kappa shape index (κ2) is 4.49. The van der Waals surface area contributed by atoms with Crippen molar-refractivity contribution >= 4 is 21.6 Å². The summed E-state index contributed by atoms with van der Waals surface area (Å²) in [5.74, 6) is 0.808. The molecule has 2 aliphatic rings. The van der Waals surface area contributed by atoms with Crippen LogP contribution in [0.25, 0.3) is 0 Å². The number of nitrogens with zero attached hydrogens (tertiary/aromatic N) is 1. The van der Waals surface area contributed by atoms with Crippen molar-refractivity contribution in [3.8, 4) is 6.07 Å². The summed E-state index contributed by atoms with van der Waals surface area (Å²) in [5.41, 5.74) is 2.36. The van der Waals surface area contributed by atoms with E-state index in [0.29, 0.717) is 16.9 Å². The fourth-order valence-corrected chi connectivity index (χ4v) is 4.91. The van der Waals surface area contributed by atoms with Gasteiger partial charge in [0, 0.05) is 10.5 Å². The summed E-state index contributed by atoms with van der Waals surface area (Å²) in [4.78, 5) is 0. The van der Waals surface area contributed by atoms with Gasteiger partial charge >= 0.3 is 0 Å². The van der Waals surface area contributed by atoms with Crippen LogP contribution in [0, 0.1) is 28.1 Å². The van der Waals surface area contributed by atoms with Gasteiger partial charge in [-0.2, -0.15) is 5.26 Å². The monoisotopic (exact) mass is 332 g/mol. The second-order valence-corrected chi connectivity index (χ2v) is 8.21. The third-order valence-electron chi connectivity index (χ3n) is 5.67. The first-order valence-corrected chi connectivity index (χ1v) is 8.12. The molecule has 106 valence electrons. The van der Waals surface area contributed by atoms with Crippen molar-refractivity contribution in [1.29, 1.82) is 5.26 Å². The standard InChI is InChI=1S/C17H21BrN2/c1-16(2)12-6-7-17(3,9-12)15(16)20-14-8-13(18)5-4-11(14)10-19/h4-5,8,12,15,20H,6-7,9H2,1-3H3/t12-,15?,17+/m0/s1. The predicted octanol–water partition coefficient (Wildman–Crippen LogP) is 4.95. The van der Waals surface area contributed by atoms with Gasteiger partial charge in [0.1, 0.15) is 6.07 Å². The van der Waals surface area contributed by atoms with E-state index >= 15 is 0 Å². The molecule has 1 unspecified atom stereocenters. The first kappa shape index (κ1) is 13.9. The molecule has 0 aromatic heterocycles. The van der Waals surface area contributed by atoms with E-state index in [2.05, 4.69) is 48.1 Å². The molecule has 0 amide bonds. The molecular formula is C17H21BrN2. The molecule has 1 aromatic rings. The van der Waals surface area contributed by atoms with Gasteiger partial charge in [0.2, 0.25) is 0 Å². The molecule has 3 heteroatoms. The normalized spacial score (nSPS) is 34.0. The number of anilines is 1. The lowest BCUT2D eigenvalue weighted by molar-refractivity contribution is 0.155. The summed E-state index contributed by atoms with van der Waals surface area (Å²) in [5, 5.41) is 13.0. The highest BCUT2D eigenvalue weighted by atomic mass is 79.9. The van der Waals surface area contributed by atoms with Crippen LogP contribution in [0.4, 0.5) is 5.69 Å². The molecule has 2 bridgehead atoms. The van der Waals surface area contributed by atoms with Crippen LogP contribution in [0.5, 0.6) is 0 Å². The topological polar surface area (TPSA) is 35.8 Å². The summed E-state index contributed by atoms with van der Waals surface area (Å²) in [6.45, 7) is 7.16. The van der Waals surface area contributed by atoms with Gasteiger partial charge in [0.25, 0.3) is 0 Å². The Morgan fingerprint density at radius 3 is 2.70 bits per heavy atom. The molecule has 2 fully saturated rings. The lowest BCUT2D eigenvalue weighted by atomic mass is 9.68. The van der Waals surface area contributed by atoms with Crippen LogP contribution < -0.4 is 5.32 Å². The van der Waals surface area contributed by atoms with Crippen LogP contribution >= 0.6 is 15.9 Å². The minimum Gasteiger partial charge on any atom is -0.380 e. The van der Waals surface area contributed by atoms with Gasteiger partial charge in [0.15, 0.2) is 0 Å². The van der Waals surface area contributed by atoms with E-state index in [1.807, 2.05) is 18.2 Å². The summed E-state index contributed by atoms with van der Waals surface area (Å²) in [6, 6.07) is 8.58. The Morgan fingerprint density at radius 1 is 1.35 bits per heavy atom. The van der Waals surface area contributed by atoms with Gasteiger partial charge in [-0.25, -0.2) is 0 Å². The molecule has 2 nitrogen and oxygen atoms in total. The van der Waals surface area contributed by atoms with Crippen molar-refractivity contribution in [1.82, 2.24) is 0 Å². The summed E-state index contributed by atoms with van der Waals surface area (Å²) < 4.78 is 1.02. The van der Waals surface area contributed by atoms with Crippen LogP contribution in [0.15, 0.2) is 22.7 Å². The Morgan fingerprint density at radius 2 is 2.10 bits per heavy atom. The van der Waals surface area contributed by atoms with E-state index < -0.39 is 0 Å². The van der Waals surface area contributed by atoms with Crippen molar-refractivity contribution in [3.63, 3.8) is 0 Å². The fraction of sp³-hybridized carbons (Fsp3) is 0.588. The molecule has 1 N–H and O–H groups in total. The Bertz CT molecular complexity index is 582. The average molecular weight is 333 g/mol. The number of rotatable bonds is 2. The molecular weight excluding hydrogens is 312 g/mol. The molecule has 3 rings (SSSR count). The van der Waals surface area contributed by atoms with Crippen molar-refractivity contribution in [3.05, 3.63) is 28.2 Å². The maximum atomic E-state index is 9.30. The van der Waals surface area contributed by atoms with Gasteiger partial charge in [-0.05, 0) is 54.2 Å². The van der Waals surface area contributed by atoms with Gasteiger partial charge < -0.3 is 5.32 Å². The molecule has 20 heavy (non-hydrogen) atoms. The Balaban J connectivity index is 1.96. The Hall–Kier alpha value is -1.01. The van der Waals surface area contributed by atoms with Crippen LogP contribution in [0.1, 0.15) is 45.6 Å². The highest BCUT2D eigenvalue weighted by Gasteiger charge is 2.59. The SMILES string of the molecule is CC1(C)C(Nc2cc(Br)ccc2C#N)[C@]2(C)CC[C@H]1C2. The van der Waals surface area contributed by atoms with E-state index in [0.717, 1.165) is 21.6 Å². The van der Waals surface area contributed by atoms with Gasteiger partial charge in [0.05, 0.1) is 11.3 Å². The van der Waals surface area contributed by atoms with Gasteiger partial charge in [-0.15, -0.1) is 0 Å². The van der Waals surface area contributed by atoms with Crippen LogP contribution in [-0.4, -0.2) is 6.04 Å². The van der Waals surface area contributed by atoms with Crippen molar-refractivity contribution in [2.45, 2.75) is 46.1 Å². The predicted molar refractivity (Wildman–Crippen MR) is 85.5 cm³/mol. The average Bonchev–Trinajstić information content (AvgIpc) is 2.86. The van der Waals surface area contributed by atoms with E-state index in [9.17, 15) is 5.26 Å². The number of benzene rings is 1. The smallest absolute Gasteiger partial charge is 0.101 e. The highest BCUT2D eigenvalue weighted by molar-refractivity contribution is 9.10. The quantitative estimate of drug-likeness (QED) is 0.831. The number of nitriles is 1. The van der Waals surface area contributed by atoms with Crippen molar-refractivity contribution in [2.75, 3.05) is 5.32 Å². The maximum Gasteiger partial charge on any atom is 0.101 e. The minimum absolute atomic E-state index is 0.294. The second-order valence-electron chi connectivity index (χ2n) is 7.29. The van der Waals surface area contributed by atoms with E-state index in [1.54, 1.807) is 0 Å². The summed E-state index contributed by atoms with van der Waals surface area (Å²) in [7, 11) is 0. The van der Waals surface area contributed by atoms with Crippen LogP contribution in [-0.2, 0) is 0 Å². The minimum atomic E-state index is 0.294. The number of nitrogens with one attached hydrogen (secondary N) is 1. The van der Waals surface area contributed by atoms with E-state index in [4.69, 9.17) is 0 Å². The number of hydrogen-bond donors (Lipinski definition) is 1. The van der Waals surface area contributed by atoms with Crippen molar-refractivity contribution < 1.29 is 0 Å². The Kier molecular flexibility index (Phi) is 3.14. The third-order valence-corrected chi connectivity index (χ3v) is 6.16. The molecule has 0 heterocycles. The largest absolute Gasteiger partial charge is 0.380 e. The molecule has 0 aliphatic heterocycles. The Labute approximate surface area is 129 Å². The zero-order chi connectivity index (χ0) is 14.5. The zero-order valence-electron chi connectivity index (χ0n) is 12.3. The van der Waals surface area contributed by atoms with Crippen molar-refractivity contribution in [2.24, 2.45) is 16.7 Å². The maximum absolute atomic E-state index is 9.30. The number of hydrogen-bond acceptors (Lipinski definition) is 2. The number of halogens is 1. The first-order chi connectivity index (χ1) is 9.37. The fourth-order valence-electron chi connectivity index (χ4n) is 4.55. The molecule has 0 radical (unpaired) electrons. The van der Waals surface area contributed by atoms with Gasteiger partial charge in [-0.3, -0.25) is 0 Å². The number of fused-ring (bicyclic) bond motifs is 2. The first-order valence-electron chi connectivity index (χ1n) is 7.33. The molecule has 0 saturated heterocycles. The highest BCUT2D eigenvalue weighted by Crippen LogP contribution is 2.63. The molecule has 2 saturated carbocycles. The van der Waals surface area contributed by atoms with Crippen LogP contribution in [0.2, 0.25) is 0 Å². The lowest BCUT2D eigenvalue weighted by Crippen LogP contribution is -2.45. The zero-order valence-corrected chi connectivity index (χ0v) is 13.9. The van der Waals surface area contributed by atoms with Gasteiger partial charge in [-0.1, -0.05) is 36.7 Å². The molecule has 1 aromatic carbocycles. The van der Waals surface area contributed by atoms with Crippen LogP contribution in [0.3, 0.4) is 0 Å². The summed E-state index contributed by atoms with van der Waals surface area (Å²) >= 11 is 3.51. The molecule has 0 spiro atoms. The van der Waals surface area contributed by atoms with E-state index in [-0.39, 0.29) is 0 Å². The third kappa shape index (κ3) is 1.97. The molecule has 2 aliphatic carbocycles. The summed E-state index contributed by atoms with van der Waals surface area (Å²) in [6.07, 6.45) is 3.97. The lowest BCUT2D eigenvalue weighted by Gasteiger charge is -2.43. The molecule has 3 atom stereocenters. The van der Waals surface area contributed by atoms with E-state index in [1.165, 1.54) is 19.3 Å².